The molecule has 0 aromatic heterocycles. The third-order valence-corrected chi connectivity index (χ3v) is 12.5. The van der Waals surface area contributed by atoms with Gasteiger partial charge >= 0.3 is 41.8 Å². The maximum Gasteiger partial charge on any atom is 0.326 e. The van der Waals surface area contributed by atoms with Crippen molar-refractivity contribution < 1.29 is 117 Å². The number of carboxylic acid groups (broad SMARTS) is 7. The molecule has 28 N–H and O–H groups in total. The van der Waals surface area contributed by atoms with Gasteiger partial charge in [0.15, 0.2) is 11.9 Å². The zero-order valence-electron chi connectivity index (χ0n) is 48.1. The van der Waals surface area contributed by atoms with Crippen LogP contribution in [-0.2, 0) is 81.5 Å². The number of hydrogen-bond acceptors (Lipinski definition) is 21. The van der Waals surface area contributed by atoms with Gasteiger partial charge in [-0.25, -0.2) is 4.79 Å². The molecule has 0 aliphatic heterocycles. The van der Waals surface area contributed by atoms with Crippen LogP contribution in [0.1, 0.15) is 103 Å². The van der Waals surface area contributed by atoms with E-state index in [0.717, 1.165) is 0 Å². The van der Waals surface area contributed by atoms with Crippen LogP contribution in [0.25, 0.3) is 0 Å². The van der Waals surface area contributed by atoms with Crippen LogP contribution in [0.4, 0.5) is 0 Å². The number of carboxylic acids is 7. The summed E-state index contributed by atoms with van der Waals surface area (Å²) in [7, 11) is 0. The number of hydrogen-bond donors (Lipinski definition) is 23. The molecule has 90 heavy (non-hydrogen) atoms. The van der Waals surface area contributed by atoms with Crippen LogP contribution in [0, 0.1) is 0 Å². The highest BCUT2D eigenvalue weighted by Gasteiger charge is 2.37. The maximum atomic E-state index is 14.1. The van der Waals surface area contributed by atoms with Crippen LogP contribution in [-0.4, -0.2) is 228 Å². The molecule has 41 nitrogen and oxygen atoms in total. The summed E-state index contributed by atoms with van der Waals surface area (Å²) in [6.45, 7) is -0.297. The van der Waals surface area contributed by atoms with Gasteiger partial charge in [-0.15, -0.1) is 0 Å². The summed E-state index contributed by atoms with van der Waals surface area (Å²) >= 11 is 4.09. The van der Waals surface area contributed by atoms with Crippen molar-refractivity contribution in [3.8, 4) is 0 Å². The number of nitrogens with zero attached hydrogens (tertiary/aromatic N) is 2. The number of nitrogens with two attached hydrogens (primary N) is 6. The molecule has 0 rings (SSSR count). The van der Waals surface area contributed by atoms with Crippen molar-refractivity contribution in [2.75, 3.05) is 18.8 Å². The number of carbonyl (C=O) groups excluding carboxylic acids is 10. The number of guanidine groups is 2. The molecular formula is C48H77N17O24S. The number of primary amides is 1. The van der Waals surface area contributed by atoms with E-state index in [0.29, 0.717) is 0 Å². The number of thiol groups is 1. The van der Waals surface area contributed by atoms with Gasteiger partial charge in [0.2, 0.25) is 59.1 Å². The van der Waals surface area contributed by atoms with E-state index in [1.54, 1.807) is 0 Å². The summed E-state index contributed by atoms with van der Waals surface area (Å²) in [5.41, 5.74) is 32.3. The average Bonchev–Trinajstić information content (AvgIpc) is 1.25. The second kappa shape index (κ2) is 41.8. The lowest BCUT2D eigenvalue weighted by Crippen LogP contribution is -2.61. The van der Waals surface area contributed by atoms with Crippen molar-refractivity contribution in [2.24, 2.45) is 44.4 Å². The lowest BCUT2D eigenvalue weighted by molar-refractivity contribution is -0.145. The Hall–Kier alpha value is -10.2. The van der Waals surface area contributed by atoms with E-state index in [9.17, 15) is 112 Å². The molecule has 0 saturated carbocycles. The van der Waals surface area contributed by atoms with Crippen molar-refractivity contribution >= 4 is 125 Å². The van der Waals surface area contributed by atoms with Gasteiger partial charge < -0.3 is 118 Å². The van der Waals surface area contributed by atoms with Crippen LogP contribution in [0.5, 0.6) is 0 Å². The Morgan fingerprint density at radius 3 is 0.878 bits per heavy atom. The Kier molecular flexibility index (Phi) is 37.1. The molecule has 10 amide bonds. The highest BCUT2D eigenvalue weighted by Crippen LogP contribution is 2.11. The summed E-state index contributed by atoms with van der Waals surface area (Å²) in [5, 5.41) is 85.5. The molecule has 0 aliphatic carbocycles. The first kappa shape index (κ1) is 79.8. The fraction of sp³-hybridized carbons (Fsp3) is 0.604. The molecule has 10 atom stereocenters. The topological polar surface area (TPSA) is 721 Å². The quantitative estimate of drug-likeness (QED) is 0.0116. The minimum absolute atomic E-state index is 0.0364. The van der Waals surface area contributed by atoms with Gasteiger partial charge in [-0.3, -0.25) is 86.7 Å². The first-order valence-electron chi connectivity index (χ1n) is 27.0. The smallest absolute Gasteiger partial charge is 0.326 e. The van der Waals surface area contributed by atoms with E-state index in [-0.39, 0.29) is 44.7 Å². The van der Waals surface area contributed by atoms with Gasteiger partial charge in [-0.1, -0.05) is 0 Å². The molecule has 504 valence electrons. The normalized spacial score (nSPS) is 14.0. The minimum atomic E-state index is -2.29. The highest BCUT2D eigenvalue weighted by atomic mass is 32.1. The van der Waals surface area contributed by atoms with E-state index in [4.69, 9.17) is 39.5 Å². The Balaban J connectivity index is 7.11. The van der Waals surface area contributed by atoms with Crippen LogP contribution >= 0.6 is 12.6 Å². The second-order valence-corrected chi connectivity index (χ2v) is 19.9. The van der Waals surface area contributed by atoms with Crippen LogP contribution < -0.4 is 82.3 Å². The SMILES string of the molecule is NC(=O)CC[C@H](NC(=O)[C@@H](N)CCC(=O)O)C(=O)N[C@@H](CS)C(=O)N[C@@H](CCCN=C(N)N)C(=O)N[C@@H](CCC(=O)O)C(=O)N[C@@H](CCC(=O)O)C(=O)N[C@@H](CCC(=O)O)C(=O)N[C@@H](CC(=O)O)C(=O)N[C@@H](CC(=O)O)C(=O)N[C@@H](CCCN=C(N)N)C(=O)O. The Bertz CT molecular complexity index is 2670. The van der Waals surface area contributed by atoms with E-state index in [1.807, 2.05) is 21.3 Å². The number of aliphatic carboxylic acids is 7. The summed E-state index contributed by atoms with van der Waals surface area (Å²) in [6, 6.07) is -18.9. The fourth-order valence-electron chi connectivity index (χ4n) is 7.53. The van der Waals surface area contributed by atoms with Crippen molar-refractivity contribution in [1.82, 2.24) is 47.9 Å². The standard InChI is InChI=1S/C48H77N17O24S/c49-20(5-11-31(67)68)37(79)57-22(6-10-30(50)66)42(84)65-29(19-90)45(87)58-21(3-1-15-55-47(51)52)38(80)59-23(7-12-32(69)70)39(81)60-24(8-13-33(71)72)40(82)61-25(9-14-34(73)74)41(83)63-28(18-36(77)78)44(86)64-27(17-35(75)76)43(85)62-26(46(88)89)4-2-16-56-48(53)54/h20-29,90H,1-19,49H2,(H2,50,66)(H,57,79)(H,58,87)(H,59,80)(H,60,81)(H,61,82)(H,62,85)(H,63,83)(H,64,86)(H,65,84)(H,67,68)(H,69,70)(H,71,72)(H,73,74)(H,75,76)(H,77,78)(H,88,89)(H4,51,52,55)(H4,53,54,56)/t20-,21-,22-,23-,24-,25-,26-,27-,28-,29-/m0/s1. The van der Waals surface area contributed by atoms with Crippen molar-refractivity contribution in [3.63, 3.8) is 0 Å². The average molecular weight is 1310 g/mol. The van der Waals surface area contributed by atoms with Gasteiger partial charge in [-0.05, 0) is 57.8 Å². The Morgan fingerprint density at radius 2 is 0.578 bits per heavy atom. The van der Waals surface area contributed by atoms with E-state index in [1.165, 1.54) is 0 Å². The van der Waals surface area contributed by atoms with Crippen molar-refractivity contribution in [2.45, 2.75) is 163 Å². The lowest BCUT2D eigenvalue weighted by Gasteiger charge is -2.28. The minimum Gasteiger partial charge on any atom is -0.481 e. The molecule has 0 radical (unpaired) electrons. The van der Waals surface area contributed by atoms with Crippen LogP contribution in [0.3, 0.4) is 0 Å². The van der Waals surface area contributed by atoms with Gasteiger partial charge in [0, 0.05) is 50.9 Å². The van der Waals surface area contributed by atoms with Crippen molar-refractivity contribution in [1.29, 1.82) is 0 Å². The van der Waals surface area contributed by atoms with Crippen molar-refractivity contribution in [3.05, 3.63) is 0 Å². The third-order valence-electron chi connectivity index (χ3n) is 12.1. The molecule has 0 saturated heterocycles. The summed E-state index contributed by atoms with van der Waals surface area (Å²) in [4.78, 5) is 224. The number of amides is 10. The highest BCUT2D eigenvalue weighted by molar-refractivity contribution is 7.80. The van der Waals surface area contributed by atoms with E-state index < -0.39 is 250 Å². The molecule has 0 aromatic rings. The summed E-state index contributed by atoms with van der Waals surface area (Å²) in [5.74, 6) is -25.6. The third kappa shape index (κ3) is 34.8. The zero-order valence-corrected chi connectivity index (χ0v) is 49.0. The predicted octanol–water partition coefficient (Wildman–Crippen LogP) is -9.53. The van der Waals surface area contributed by atoms with Crippen LogP contribution in [0.2, 0.25) is 0 Å². The fourth-order valence-corrected chi connectivity index (χ4v) is 7.78. The first-order chi connectivity index (χ1) is 42.0. The zero-order chi connectivity index (χ0) is 69.0. The number of rotatable bonds is 47. The first-order valence-corrected chi connectivity index (χ1v) is 27.6. The van der Waals surface area contributed by atoms with E-state index in [2.05, 4.69) is 49.2 Å². The van der Waals surface area contributed by atoms with Gasteiger partial charge in [0.05, 0.1) is 18.9 Å². The molecule has 42 heteroatoms. The van der Waals surface area contributed by atoms with E-state index >= 15 is 0 Å². The number of aliphatic imine (C=N–C) groups is 2. The maximum absolute atomic E-state index is 14.1. The largest absolute Gasteiger partial charge is 0.481 e. The van der Waals surface area contributed by atoms with Gasteiger partial charge in [-0.2, -0.15) is 12.6 Å². The molecule has 0 aromatic carbocycles. The summed E-state index contributed by atoms with van der Waals surface area (Å²) in [6.07, 6.45) is -10.8. The molecular weight excluding hydrogens is 1230 g/mol. The Labute approximate surface area is 515 Å². The summed E-state index contributed by atoms with van der Waals surface area (Å²) < 4.78 is 0. The molecule has 0 spiro atoms. The molecule has 0 unspecified atom stereocenters. The lowest BCUT2D eigenvalue weighted by atomic mass is 10.0. The Morgan fingerprint density at radius 1 is 0.322 bits per heavy atom. The number of nitrogens with one attached hydrogen (secondary N) is 9. The molecule has 0 heterocycles. The van der Waals surface area contributed by atoms with Crippen LogP contribution in [0.15, 0.2) is 9.98 Å². The molecule has 0 aliphatic rings. The predicted molar refractivity (Wildman–Crippen MR) is 307 cm³/mol. The van der Waals surface area contributed by atoms with Gasteiger partial charge in [0.1, 0.15) is 54.4 Å². The molecule has 0 fully saturated rings. The monoisotopic (exact) mass is 1310 g/mol. The van der Waals surface area contributed by atoms with Gasteiger partial charge in [0.25, 0.3) is 0 Å². The molecule has 0 bridgehead atoms. The number of carbonyl (C=O) groups is 17. The second-order valence-electron chi connectivity index (χ2n) is 19.5.